The summed E-state index contributed by atoms with van der Waals surface area (Å²) in [5, 5.41) is 0. The first-order valence-corrected chi connectivity index (χ1v) is 12.7. The lowest BCUT2D eigenvalue weighted by atomic mass is 9.74. The van der Waals surface area contributed by atoms with E-state index < -0.39 is 0 Å². The van der Waals surface area contributed by atoms with E-state index in [4.69, 9.17) is 23.5 Å². The number of rotatable bonds is 12. The Morgan fingerprint density at radius 2 is 1.59 bits per heavy atom. The predicted molar refractivity (Wildman–Crippen MR) is 139 cm³/mol. The van der Waals surface area contributed by atoms with Gasteiger partial charge >= 0.3 is 7.12 Å². The molecule has 1 aliphatic heterocycles. The Morgan fingerprint density at radius 3 is 2.21 bits per heavy atom. The zero-order valence-electron chi connectivity index (χ0n) is 22.0. The van der Waals surface area contributed by atoms with E-state index in [9.17, 15) is 0 Å². The van der Waals surface area contributed by atoms with E-state index in [1.54, 1.807) is 0 Å². The smallest absolute Gasteiger partial charge is 0.488 e. The molecule has 34 heavy (non-hydrogen) atoms. The van der Waals surface area contributed by atoms with Crippen LogP contribution in [0, 0.1) is 6.92 Å². The summed E-state index contributed by atoms with van der Waals surface area (Å²) in [7, 11) is -0.367. The highest BCUT2D eigenvalue weighted by molar-refractivity contribution is 6.62. The van der Waals surface area contributed by atoms with Crippen LogP contribution in [0.3, 0.4) is 0 Å². The van der Waals surface area contributed by atoms with E-state index in [1.165, 1.54) is 5.56 Å². The van der Waals surface area contributed by atoms with Crippen molar-refractivity contribution in [1.82, 2.24) is 0 Å². The van der Waals surface area contributed by atoms with Gasteiger partial charge in [0.25, 0.3) is 0 Å². The van der Waals surface area contributed by atoms with Crippen molar-refractivity contribution in [2.75, 3.05) is 19.8 Å². The highest BCUT2D eigenvalue weighted by Gasteiger charge is 2.54. The molecule has 0 aromatic heterocycles. The number of hydrogen-bond acceptors (Lipinski definition) is 5. The molecule has 0 amide bonds. The van der Waals surface area contributed by atoms with Crippen molar-refractivity contribution in [2.24, 2.45) is 0 Å². The first-order valence-electron chi connectivity index (χ1n) is 12.7. The third-order valence-corrected chi connectivity index (χ3v) is 6.94. The molecule has 6 heteroatoms. The fraction of sp³-hybridized carbons (Fsp3) is 0.571. The third kappa shape index (κ3) is 6.03. The molecule has 2 aromatic carbocycles. The van der Waals surface area contributed by atoms with Gasteiger partial charge in [0.2, 0.25) is 0 Å². The molecule has 1 atom stereocenters. The van der Waals surface area contributed by atoms with Crippen molar-refractivity contribution in [3.63, 3.8) is 0 Å². The second kappa shape index (κ2) is 11.7. The van der Waals surface area contributed by atoms with Gasteiger partial charge in [0.1, 0.15) is 12.4 Å². The predicted octanol–water partition coefficient (Wildman–Crippen LogP) is 5.91. The van der Waals surface area contributed by atoms with E-state index in [1.807, 2.05) is 26.0 Å². The molecule has 1 unspecified atom stereocenters. The van der Waals surface area contributed by atoms with Crippen LogP contribution in [0.15, 0.2) is 42.5 Å². The largest absolute Gasteiger partial charge is 0.495 e. The van der Waals surface area contributed by atoms with E-state index in [0.29, 0.717) is 19.8 Å². The Kier molecular flexibility index (Phi) is 9.22. The van der Waals surface area contributed by atoms with Crippen LogP contribution in [0.4, 0.5) is 0 Å². The van der Waals surface area contributed by atoms with Gasteiger partial charge in [-0.15, -0.1) is 0 Å². The average molecular weight is 468 g/mol. The van der Waals surface area contributed by atoms with Crippen molar-refractivity contribution >= 4 is 12.6 Å². The Hall–Kier alpha value is -1.86. The standard InChI is InChI=1S/C28H41BO5/c1-8-11-19-28(7)27(5,6)33-29(34-28)25-14-12-13-24(21(25)4)22-15-17-23(18-16-22)32-20-26(30-9-2)31-10-3/h12-18,26H,8-11,19-20H2,1-7H3. The summed E-state index contributed by atoms with van der Waals surface area (Å²) in [6.45, 7) is 16.3. The summed E-state index contributed by atoms with van der Waals surface area (Å²) in [6, 6.07) is 14.5. The molecular formula is C28H41BO5. The summed E-state index contributed by atoms with van der Waals surface area (Å²) < 4.78 is 30.0. The molecule has 3 rings (SSSR count). The molecule has 1 saturated heterocycles. The lowest BCUT2D eigenvalue weighted by Crippen LogP contribution is -2.44. The second-order valence-corrected chi connectivity index (χ2v) is 9.61. The minimum absolute atomic E-state index is 0.310. The first-order chi connectivity index (χ1) is 16.2. The van der Waals surface area contributed by atoms with E-state index in [-0.39, 0.29) is 24.6 Å². The minimum atomic E-state index is -0.367. The second-order valence-electron chi connectivity index (χ2n) is 9.61. The summed E-state index contributed by atoms with van der Waals surface area (Å²) >= 11 is 0. The van der Waals surface area contributed by atoms with Gasteiger partial charge in [-0.1, -0.05) is 50.1 Å². The summed E-state index contributed by atoms with van der Waals surface area (Å²) in [4.78, 5) is 0. The lowest BCUT2D eigenvalue weighted by molar-refractivity contribution is -0.152. The van der Waals surface area contributed by atoms with E-state index in [0.717, 1.165) is 41.6 Å². The van der Waals surface area contributed by atoms with Gasteiger partial charge in [-0.3, -0.25) is 0 Å². The van der Waals surface area contributed by atoms with Crippen LogP contribution in [0.5, 0.6) is 5.75 Å². The molecule has 0 aliphatic carbocycles. The third-order valence-electron chi connectivity index (χ3n) is 6.94. The molecule has 1 heterocycles. The highest BCUT2D eigenvalue weighted by Crippen LogP contribution is 2.41. The van der Waals surface area contributed by atoms with Crippen molar-refractivity contribution < 1.29 is 23.5 Å². The van der Waals surface area contributed by atoms with Gasteiger partial charge in [0.05, 0.1) is 11.2 Å². The van der Waals surface area contributed by atoms with Crippen LogP contribution in [0.2, 0.25) is 0 Å². The SMILES string of the molecule is CCCCC1(C)OB(c2cccc(-c3ccc(OCC(OCC)OCC)cc3)c2C)OC1(C)C. The van der Waals surface area contributed by atoms with E-state index in [2.05, 4.69) is 65.0 Å². The van der Waals surface area contributed by atoms with Crippen LogP contribution in [-0.4, -0.2) is 44.4 Å². The molecule has 0 spiro atoms. The molecule has 0 N–H and O–H groups in total. The molecule has 2 aromatic rings. The lowest BCUT2D eigenvalue weighted by Gasteiger charge is -2.36. The number of benzene rings is 2. The van der Waals surface area contributed by atoms with Crippen molar-refractivity contribution in [2.45, 2.75) is 85.2 Å². The van der Waals surface area contributed by atoms with Crippen LogP contribution in [-0.2, 0) is 18.8 Å². The Morgan fingerprint density at radius 1 is 0.912 bits per heavy atom. The van der Waals surface area contributed by atoms with Crippen LogP contribution < -0.4 is 10.2 Å². The fourth-order valence-corrected chi connectivity index (χ4v) is 4.43. The Balaban J connectivity index is 1.75. The van der Waals surface area contributed by atoms with Crippen LogP contribution in [0.1, 0.15) is 66.4 Å². The van der Waals surface area contributed by atoms with Crippen LogP contribution in [0.25, 0.3) is 11.1 Å². The molecule has 0 bridgehead atoms. The average Bonchev–Trinajstić information content (AvgIpc) is 3.05. The summed E-state index contributed by atoms with van der Waals surface area (Å²) in [5.41, 5.74) is 3.89. The van der Waals surface area contributed by atoms with E-state index >= 15 is 0 Å². The molecule has 0 saturated carbocycles. The van der Waals surface area contributed by atoms with Crippen molar-refractivity contribution in [3.8, 4) is 16.9 Å². The monoisotopic (exact) mass is 468 g/mol. The van der Waals surface area contributed by atoms with Gasteiger partial charge in [-0.05, 0) is 82.2 Å². The zero-order valence-corrected chi connectivity index (χ0v) is 22.0. The summed E-state index contributed by atoms with van der Waals surface area (Å²) in [5.74, 6) is 0.790. The summed E-state index contributed by atoms with van der Waals surface area (Å²) in [6.07, 6.45) is 2.90. The zero-order chi connectivity index (χ0) is 24.8. The first kappa shape index (κ1) is 26.7. The quantitative estimate of drug-likeness (QED) is 0.286. The molecule has 1 aliphatic rings. The van der Waals surface area contributed by atoms with Crippen LogP contribution >= 0.6 is 0 Å². The number of unbranched alkanes of at least 4 members (excludes halogenated alkanes) is 1. The van der Waals surface area contributed by atoms with Gasteiger partial charge in [-0.2, -0.15) is 0 Å². The molecule has 186 valence electrons. The van der Waals surface area contributed by atoms with Crippen molar-refractivity contribution in [3.05, 3.63) is 48.0 Å². The van der Waals surface area contributed by atoms with Gasteiger partial charge in [0, 0.05) is 13.2 Å². The van der Waals surface area contributed by atoms with Gasteiger partial charge in [-0.25, -0.2) is 0 Å². The van der Waals surface area contributed by atoms with Crippen molar-refractivity contribution in [1.29, 1.82) is 0 Å². The molecule has 5 nitrogen and oxygen atoms in total. The molecule has 0 radical (unpaired) electrons. The highest BCUT2D eigenvalue weighted by atomic mass is 16.7. The number of ether oxygens (including phenoxy) is 3. The maximum Gasteiger partial charge on any atom is 0.495 e. The maximum absolute atomic E-state index is 6.57. The van der Waals surface area contributed by atoms with Gasteiger partial charge < -0.3 is 23.5 Å². The molecular weight excluding hydrogens is 427 g/mol. The number of hydrogen-bond donors (Lipinski definition) is 0. The van der Waals surface area contributed by atoms with Gasteiger partial charge in [0.15, 0.2) is 6.29 Å². The Labute approximate surface area is 206 Å². The topological polar surface area (TPSA) is 46.2 Å². The molecule has 1 fully saturated rings. The fourth-order valence-electron chi connectivity index (χ4n) is 4.43. The minimum Gasteiger partial charge on any atom is -0.488 e. The Bertz CT molecular complexity index is 908. The normalized spacial score (nSPS) is 19.7. The maximum atomic E-state index is 6.57.